The molecule has 0 saturated heterocycles. The van der Waals surface area contributed by atoms with E-state index < -0.39 is 0 Å². The minimum Gasteiger partial charge on any atom is -0.497 e. The van der Waals surface area contributed by atoms with Crippen LogP contribution in [0.25, 0.3) is 0 Å². The number of rotatable bonds is 5. The van der Waals surface area contributed by atoms with Crippen molar-refractivity contribution in [3.63, 3.8) is 0 Å². The van der Waals surface area contributed by atoms with Crippen LogP contribution in [0.1, 0.15) is 16.1 Å². The average molecular weight is 368 g/mol. The number of halogens is 1. The van der Waals surface area contributed by atoms with Crippen molar-refractivity contribution in [1.82, 2.24) is 4.98 Å². The summed E-state index contributed by atoms with van der Waals surface area (Å²) in [5.74, 6) is 0.457. The lowest BCUT2D eigenvalue weighted by molar-refractivity contribution is 0.102. The van der Waals surface area contributed by atoms with E-state index in [1.54, 1.807) is 43.6 Å². The van der Waals surface area contributed by atoms with Crippen molar-refractivity contribution in [2.75, 3.05) is 17.7 Å². The predicted molar refractivity (Wildman–Crippen MR) is 105 cm³/mol. The summed E-state index contributed by atoms with van der Waals surface area (Å²) in [6, 6.07) is 16.2. The molecule has 1 amide bonds. The van der Waals surface area contributed by atoms with E-state index in [1.165, 1.54) is 0 Å². The molecule has 132 valence electrons. The number of aromatic nitrogens is 1. The van der Waals surface area contributed by atoms with Gasteiger partial charge >= 0.3 is 0 Å². The number of anilines is 3. The third-order valence-electron chi connectivity index (χ3n) is 3.81. The number of ether oxygens (including phenoxy) is 1. The Hall–Kier alpha value is -3.05. The topological polar surface area (TPSA) is 63.2 Å². The number of hydrogen-bond donors (Lipinski definition) is 2. The van der Waals surface area contributed by atoms with Crippen LogP contribution in [0, 0.1) is 6.92 Å². The zero-order chi connectivity index (χ0) is 18.5. The number of pyridine rings is 1. The highest BCUT2D eigenvalue weighted by Gasteiger charge is 2.08. The molecular weight excluding hydrogens is 350 g/mol. The van der Waals surface area contributed by atoms with Crippen molar-refractivity contribution in [2.45, 2.75) is 6.92 Å². The van der Waals surface area contributed by atoms with Crippen LogP contribution < -0.4 is 15.4 Å². The first-order chi connectivity index (χ1) is 12.5. The van der Waals surface area contributed by atoms with E-state index in [2.05, 4.69) is 15.6 Å². The number of carbonyl (C=O) groups is 1. The number of methoxy groups -OCH3 is 1. The zero-order valence-corrected chi connectivity index (χ0v) is 15.2. The third-order valence-corrected chi connectivity index (χ3v) is 4.05. The van der Waals surface area contributed by atoms with Crippen molar-refractivity contribution in [3.8, 4) is 5.75 Å². The fourth-order valence-corrected chi connectivity index (χ4v) is 2.62. The summed E-state index contributed by atoms with van der Waals surface area (Å²) in [5.41, 5.74) is 3.76. The number of carbonyl (C=O) groups excluding carboxylic acids is 1. The zero-order valence-electron chi connectivity index (χ0n) is 14.4. The summed E-state index contributed by atoms with van der Waals surface area (Å²) in [4.78, 5) is 16.5. The van der Waals surface area contributed by atoms with Crippen LogP contribution in [0.3, 0.4) is 0 Å². The first kappa shape index (κ1) is 17.8. The summed E-state index contributed by atoms with van der Waals surface area (Å²) in [5, 5.41) is 6.75. The van der Waals surface area contributed by atoms with Gasteiger partial charge < -0.3 is 15.4 Å². The molecule has 2 aromatic carbocycles. The van der Waals surface area contributed by atoms with Gasteiger partial charge in [0.15, 0.2) is 0 Å². The normalized spacial score (nSPS) is 10.3. The molecule has 3 rings (SSSR count). The molecule has 1 aromatic heterocycles. The molecule has 0 aliphatic heterocycles. The van der Waals surface area contributed by atoms with E-state index in [9.17, 15) is 4.79 Å². The van der Waals surface area contributed by atoms with Gasteiger partial charge in [0.25, 0.3) is 5.91 Å². The molecule has 3 aromatic rings. The highest BCUT2D eigenvalue weighted by molar-refractivity contribution is 6.30. The molecule has 0 radical (unpaired) electrons. The summed E-state index contributed by atoms with van der Waals surface area (Å²) >= 11 is 5.97. The largest absolute Gasteiger partial charge is 0.497 e. The summed E-state index contributed by atoms with van der Waals surface area (Å²) in [6.45, 7) is 1.97. The van der Waals surface area contributed by atoms with Crippen LogP contribution >= 0.6 is 11.6 Å². The molecule has 1 heterocycles. The molecule has 0 saturated carbocycles. The molecule has 0 fully saturated rings. The van der Waals surface area contributed by atoms with Crippen LogP contribution in [0.4, 0.5) is 17.1 Å². The van der Waals surface area contributed by atoms with E-state index in [0.29, 0.717) is 16.4 Å². The van der Waals surface area contributed by atoms with E-state index in [4.69, 9.17) is 16.3 Å². The van der Waals surface area contributed by atoms with Crippen LogP contribution in [-0.2, 0) is 0 Å². The van der Waals surface area contributed by atoms with Crippen molar-refractivity contribution < 1.29 is 9.53 Å². The van der Waals surface area contributed by atoms with Crippen molar-refractivity contribution in [1.29, 1.82) is 0 Å². The monoisotopic (exact) mass is 367 g/mol. The second-order valence-electron chi connectivity index (χ2n) is 5.70. The standard InChI is InChI=1S/C20H18ClN3O2/c1-13-11-14(21)3-9-18(13)23-16-6-10-19(22-12-16)20(25)24-15-4-7-17(26-2)8-5-15/h3-12,23H,1-2H3,(H,24,25). The van der Waals surface area contributed by atoms with Gasteiger partial charge in [-0.05, 0) is 67.1 Å². The first-order valence-electron chi connectivity index (χ1n) is 8.00. The Balaban J connectivity index is 1.67. The number of amides is 1. The lowest BCUT2D eigenvalue weighted by Crippen LogP contribution is -2.13. The fourth-order valence-electron chi connectivity index (χ4n) is 2.39. The van der Waals surface area contributed by atoms with Gasteiger partial charge in [-0.2, -0.15) is 0 Å². The number of hydrogen-bond acceptors (Lipinski definition) is 4. The van der Waals surface area contributed by atoms with Crippen molar-refractivity contribution >= 4 is 34.6 Å². The van der Waals surface area contributed by atoms with Gasteiger partial charge in [0.2, 0.25) is 0 Å². The quantitative estimate of drug-likeness (QED) is 0.662. The van der Waals surface area contributed by atoms with Crippen LogP contribution in [0.2, 0.25) is 5.02 Å². The highest BCUT2D eigenvalue weighted by Crippen LogP contribution is 2.23. The molecule has 5 nitrogen and oxygen atoms in total. The average Bonchev–Trinajstić information content (AvgIpc) is 2.65. The smallest absolute Gasteiger partial charge is 0.274 e. The van der Waals surface area contributed by atoms with E-state index in [0.717, 1.165) is 22.7 Å². The second kappa shape index (κ2) is 7.89. The van der Waals surface area contributed by atoms with Crippen LogP contribution in [-0.4, -0.2) is 18.0 Å². The van der Waals surface area contributed by atoms with Crippen LogP contribution in [0.15, 0.2) is 60.8 Å². The van der Waals surface area contributed by atoms with E-state index in [-0.39, 0.29) is 5.91 Å². The fraction of sp³-hybridized carbons (Fsp3) is 0.100. The minimum absolute atomic E-state index is 0.274. The molecule has 26 heavy (non-hydrogen) atoms. The third kappa shape index (κ3) is 4.32. The van der Waals surface area contributed by atoms with Crippen molar-refractivity contribution in [3.05, 3.63) is 77.1 Å². The Morgan fingerprint density at radius 1 is 1.04 bits per heavy atom. The molecule has 2 N–H and O–H groups in total. The summed E-state index contributed by atoms with van der Waals surface area (Å²) in [7, 11) is 1.60. The second-order valence-corrected chi connectivity index (χ2v) is 6.14. The van der Waals surface area contributed by atoms with Crippen LogP contribution in [0.5, 0.6) is 5.75 Å². The first-order valence-corrected chi connectivity index (χ1v) is 8.37. The maximum absolute atomic E-state index is 12.3. The molecular formula is C20H18ClN3O2. The molecule has 6 heteroatoms. The van der Waals surface area contributed by atoms with E-state index >= 15 is 0 Å². The predicted octanol–water partition coefficient (Wildman–Crippen LogP) is 5.05. The Morgan fingerprint density at radius 3 is 2.38 bits per heavy atom. The van der Waals surface area contributed by atoms with Gasteiger partial charge in [-0.15, -0.1) is 0 Å². The number of benzene rings is 2. The Labute approximate surface area is 157 Å². The Kier molecular flexibility index (Phi) is 5.39. The minimum atomic E-state index is -0.274. The maximum Gasteiger partial charge on any atom is 0.274 e. The summed E-state index contributed by atoms with van der Waals surface area (Å²) in [6.07, 6.45) is 1.62. The lowest BCUT2D eigenvalue weighted by Gasteiger charge is -2.10. The van der Waals surface area contributed by atoms with E-state index in [1.807, 2.05) is 31.2 Å². The number of nitrogens with zero attached hydrogens (tertiary/aromatic N) is 1. The van der Waals surface area contributed by atoms with Crippen molar-refractivity contribution in [2.24, 2.45) is 0 Å². The molecule has 0 aliphatic carbocycles. The Morgan fingerprint density at radius 2 is 1.77 bits per heavy atom. The summed E-state index contributed by atoms with van der Waals surface area (Å²) < 4.78 is 5.10. The molecule has 0 bridgehead atoms. The van der Waals surface area contributed by atoms with Gasteiger partial charge in [-0.3, -0.25) is 4.79 Å². The molecule has 0 aliphatic rings. The Bertz CT molecular complexity index is 909. The van der Waals surface area contributed by atoms with Gasteiger partial charge in [0.05, 0.1) is 19.0 Å². The molecule has 0 atom stereocenters. The molecule has 0 spiro atoms. The highest BCUT2D eigenvalue weighted by atomic mass is 35.5. The van der Waals surface area contributed by atoms with Gasteiger partial charge in [0.1, 0.15) is 11.4 Å². The van der Waals surface area contributed by atoms with Gasteiger partial charge in [-0.25, -0.2) is 4.98 Å². The molecule has 0 unspecified atom stereocenters. The SMILES string of the molecule is COc1ccc(NC(=O)c2ccc(Nc3ccc(Cl)cc3C)cn2)cc1. The lowest BCUT2D eigenvalue weighted by atomic mass is 10.2. The van der Waals surface area contributed by atoms with Gasteiger partial charge in [-0.1, -0.05) is 11.6 Å². The number of nitrogens with one attached hydrogen (secondary N) is 2. The van der Waals surface area contributed by atoms with Gasteiger partial charge in [0, 0.05) is 16.4 Å². The maximum atomic E-state index is 12.3. The number of aryl methyl sites for hydroxylation is 1.